The molecule has 0 spiro atoms. The summed E-state index contributed by atoms with van der Waals surface area (Å²) in [4.78, 5) is 0. The molecule has 0 amide bonds. The summed E-state index contributed by atoms with van der Waals surface area (Å²) in [5, 5.41) is 3.90. The highest BCUT2D eigenvalue weighted by atomic mass is 35.5. The Morgan fingerprint density at radius 1 is 1.29 bits per heavy atom. The van der Waals surface area contributed by atoms with E-state index in [1.54, 1.807) is 7.11 Å². The van der Waals surface area contributed by atoms with Gasteiger partial charge in [-0.3, -0.25) is 0 Å². The molecule has 1 aliphatic carbocycles. The molecule has 1 N–H and O–H groups in total. The third kappa shape index (κ3) is 4.63. The topological polar surface area (TPSA) is 21.3 Å². The predicted molar refractivity (Wildman–Crippen MR) is 61.0 cm³/mol. The second-order valence-electron chi connectivity index (χ2n) is 4.06. The van der Waals surface area contributed by atoms with Crippen molar-refractivity contribution in [2.75, 3.05) is 20.3 Å². The fraction of sp³-hybridized carbons (Fsp3) is 1.00. The van der Waals surface area contributed by atoms with Crippen LogP contribution >= 0.6 is 11.6 Å². The van der Waals surface area contributed by atoms with Gasteiger partial charge in [0, 0.05) is 25.1 Å². The van der Waals surface area contributed by atoms with Crippen molar-refractivity contribution in [1.82, 2.24) is 5.32 Å². The zero-order valence-corrected chi connectivity index (χ0v) is 9.85. The molecule has 0 bridgehead atoms. The number of unbranched alkanes of at least 4 members (excludes halogenated alkanes) is 1. The van der Waals surface area contributed by atoms with Gasteiger partial charge in [0.1, 0.15) is 0 Å². The molecule has 1 aliphatic rings. The van der Waals surface area contributed by atoms with E-state index >= 15 is 0 Å². The minimum atomic E-state index is 0.353. The maximum Gasteiger partial charge on any atom is 0.0489 e. The van der Waals surface area contributed by atoms with Crippen LogP contribution < -0.4 is 5.32 Å². The van der Waals surface area contributed by atoms with Crippen molar-refractivity contribution in [3.63, 3.8) is 0 Å². The third-order valence-corrected chi connectivity index (χ3v) is 3.39. The molecule has 0 radical (unpaired) electrons. The smallest absolute Gasteiger partial charge is 0.0489 e. The van der Waals surface area contributed by atoms with E-state index in [0.29, 0.717) is 11.4 Å². The maximum atomic E-state index is 6.24. The average molecular weight is 220 g/mol. The summed E-state index contributed by atoms with van der Waals surface area (Å²) in [6.45, 7) is 1.95. The van der Waals surface area contributed by atoms with Gasteiger partial charge in [-0.25, -0.2) is 0 Å². The van der Waals surface area contributed by atoms with Crippen molar-refractivity contribution in [3.8, 4) is 0 Å². The first-order valence-corrected chi connectivity index (χ1v) is 6.14. The van der Waals surface area contributed by atoms with Crippen molar-refractivity contribution >= 4 is 11.6 Å². The number of nitrogens with one attached hydrogen (secondary N) is 1. The monoisotopic (exact) mass is 219 g/mol. The van der Waals surface area contributed by atoms with E-state index in [2.05, 4.69) is 5.32 Å². The Morgan fingerprint density at radius 2 is 2.07 bits per heavy atom. The molecule has 0 aromatic carbocycles. The van der Waals surface area contributed by atoms with E-state index in [9.17, 15) is 0 Å². The van der Waals surface area contributed by atoms with Crippen molar-refractivity contribution in [2.45, 2.75) is 49.9 Å². The lowest BCUT2D eigenvalue weighted by atomic mass is 9.95. The van der Waals surface area contributed by atoms with Gasteiger partial charge < -0.3 is 10.1 Å². The standard InChI is InChI=1S/C11H22ClNO/c1-14-9-5-4-8-13-11-7-3-2-6-10(11)12/h10-11,13H,2-9H2,1H3. The molecule has 0 aromatic heterocycles. The van der Waals surface area contributed by atoms with Gasteiger partial charge in [-0.1, -0.05) is 12.8 Å². The number of ether oxygens (including phenoxy) is 1. The normalized spacial score (nSPS) is 27.9. The summed E-state index contributed by atoms with van der Waals surface area (Å²) in [6, 6.07) is 0.549. The Labute approximate surface area is 92.3 Å². The molecular weight excluding hydrogens is 198 g/mol. The van der Waals surface area contributed by atoms with Crippen LogP contribution in [0.1, 0.15) is 38.5 Å². The van der Waals surface area contributed by atoms with Crippen LogP contribution in [0.5, 0.6) is 0 Å². The van der Waals surface area contributed by atoms with Gasteiger partial charge in [-0.2, -0.15) is 0 Å². The Kier molecular flexibility index (Phi) is 6.57. The zero-order valence-electron chi connectivity index (χ0n) is 9.10. The molecular formula is C11H22ClNO. The van der Waals surface area contributed by atoms with Crippen LogP contribution in [0.3, 0.4) is 0 Å². The summed E-state index contributed by atoms with van der Waals surface area (Å²) < 4.78 is 5.00. The second-order valence-corrected chi connectivity index (χ2v) is 4.62. The highest BCUT2D eigenvalue weighted by Gasteiger charge is 2.21. The van der Waals surface area contributed by atoms with Gasteiger partial charge in [-0.05, 0) is 32.2 Å². The summed E-state index contributed by atoms with van der Waals surface area (Å²) in [5.74, 6) is 0. The quantitative estimate of drug-likeness (QED) is 0.548. The molecule has 0 aliphatic heterocycles. The van der Waals surface area contributed by atoms with E-state index in [-0.39, 0.29) is 0 Å². The van der Waals surface area contributed by atoms with E-state index < -0.39 is 0 Å². The van der Waals surface area contributed by atoms with Crippen molar-refractivity contribution in [1.29, 1.82) is 0 Å². The van der Waals surface area contributed by atoms with E-state index in [4.69, 9.17) is 16.3 Å². The molecule has 2 atom stereocenters. The first-order chi connectivity index (χ1) is 6.84. The second kappa shape index (κ2) is 7.49. The first kappa shape index (κ1) is 12.3. The SMILES string of the molecule is COCCCCNC1CCCCC1Cl. The highest BCUT2D eigenvalue weighted by molar-refractivity contribution is 6.21. The fourth-order valence-electron chi connectivity index (χ4n) is 1.97. The Bertz CT molecular complexity index is 143. The average Bonchev–Trinajstić information content (AvgIpc) is 2.20. The molecule has 3 heteroatoms. The molecule has 1 rings (SSSR count). The van der Waals surface area contributed by atoms with Crippen molar-refractivity contribution in [2.24, 2.45) is 0 Å². The molecule has 14 heavy (non-hydrogen) atoms. The summed E-state index contributed by atoms with van der Waals surface area (Å²) >= 11 is 6.24. The van der Waals surface area contributed by atoms with Gasteiger partial charge in [0.05, 0.1) is 0 Å². The number of rotatable bonds is 6. The molecule has 0 saturated heterocycles. The van der Waals surface area contributed by atoms with E-state index in [1.165, 1.54) is 32.1 Å². The minimum absolute atomic E-state index is 0.353. The van der Waals surface area contributed by atoms with Gasteiger partial charge in [-0.15, -0.1) is 11.6 Å². The molecule has 1 saturated carbocycles. The Hall–Kier alpha value is 0.210. The van der Waals surface area contributed by atoms with E-state index in [1.807, 2.05) is 0 Å². The molecule has 2 unspecified atom stereocenters. The Morgan fingerprint density at radius 3 is 2.79 bits per heavy atom. The van der Waals surface area contributed by atoms with Gasteiger partial charge >= 0.3 is 0 Å². The van der Waals surface area contributed by atoms with Gasteiger partial charge in [0.2, 0.25) is 0 Å². The number of methoxy groups -OCH3 is 1. The largest absolute Gasteiger partial charge is 0.385 e. The van der Waals surface area contributed by atoms with E-state index in [0.717, 1.165) is 19.6 Å². The van der Waals surface area contributed by atoms with Crippen LogP contribution in [0.2, 0.25) is 0 Å². The lowest BCUT2D eigenvalue weighted by Crippen LogP contribution is -2.39. The van der Waals surface area contributed by atoms with Crippen LogP contribution in [-0.2, 0) is 4.74 Å². The number of hydrogen-bond donors (Lipinski definition) is 1. The summed E-state index contributed by atoms with van der Waals surface area (Å²) in [6.07, 6.45) is 7.39. The number of hydrogen-bond acceptors (Lipinski definition) is 2. The minimum Gasteiger partial charge on any atom is -0.385 e. The highest BCUT2D eigenvalue weighted by Crippen LogP contribution is 2.22. The first-order valence-electron chi connectivity index (χ1n) is 5.71. The zero-order chi connectivity index (χ0) is 10.2. The molecule has 0 aromatic rings. The number of alkyl halides is 1. The van der Waals surface area contributed by atoms with Gasteiger partial charge in [0.25, 0.3) is 0 Å². The maximum absolute atomic E-state index is 6.24. The Balaban J connectivity index is 1.99. The molecule has 2 nitrogen and oxygen atoms in total. The van der Waals surface area contributed by atoms with Crippen LogP contribution in [0.15, 0.2) is 0 Å². The van der Waals surface area contributed by atoms with Crippen LogP contribution in [-0.4, -0.2) is 31.7 Å². The summed E-state index contributed by atoms with van der Waals surface area (Å²) in [7, 11) is 1.75. The lowest BCUT2D eigenvalue weighted by molar-refractivity contribution is 0.192. The van der Waals surface area contributed by atoms with Crippen molar-refractivity contribution in [3.05, 3.63) is 0 Å². The van der Waals surface area contributed by atoms with Crippen LogP contribution in [0.4, 0.5) is 0 Å². The summed E-state index contributed by atoms with van der Waals surface area (Å²) in [5.41, 5.74) is 0. The van der Waals surface area contributed by atoms with Crippen LogP contribution in [0.25, 0.3) is 0 Å². The fourth-order valence-corrected chi connectivity index (χ4v) is 2.34. The lowest BCUT2D eigenvalue weighted by Gasteiger charge is -2.27. The third-order valence-electron chi connectivity index (χ3n) is 2.86. The van der Waals surface area contributed by atoms with Crippen LogP contribution in [0, 0.1) is 0 Å². The predicted octanol–water partition coefficient (Wildman–Crippen LogP) is 2.55. The van der Waals surface area contributed by atoms with Gasteiger partial charge in [0.15, 0.2) is 0 Å². The number of halogens is 1. The van der Waals surface area contributed by atoms with Crippen molar-refractivity contribution < 1.29 is 4.74 Å². The molecule has 84 valence electrons. The molecule has 1 fully saturated rings. The molecule has 0 heterocycles.